The van der Waals surface area contributed by atoms with Crippen molar-refractivity contribution in [3.05, 3.63) is 93.8 Å². The van der Waals surface area contributed by atoms with Crippen LogP contribution in [0.1, 0.15) is 21.5 Å². The van der Waals surface area contributed by atoms with Crippen LogP contribution < -0.4 is 15.7 Å². The Hall–Kier alpha value is -4.32. The van der Waals surface area contributed by atoms with Gasteiger partial charge in [0.25, 0.3) is 5.91 Å². The molecule has 0 saturated heterocycles. The van der Waals surface area contributed by atoms with E-state index in [1.54, 1.807) is 31.4 Å². The minimum atomic E-state index is -0.491. The molecule has 0 saturated carbocycles. The number of furan rings is 1. The Morgan fingerprint density at radius 3 is 2.55 bits per heavy atom. The third-order valence-electron chi connectivity index (χ3n) is 5.58. The van der Waals surface area contributed by atoms with Gasteiger partial charge in [0.05, 0.1) is 12.8 Å². The molecule has 164 valence electrons. The second kappa shape index (κ2) is 7.98. The second-order valence-electron chi connectivity index (χ2n) is 7.93. The van der Waals surface area contributed by atoms with Crippen LogP contribution in [0.15, 0.2) is 80.4 Å². The molecular formula is C27H21NO5. The number of para-hydroxylation sites is 1. The summed E-state index contributed by atoms with van der Waals surface area (Å²) < 4.78 is 16.9. The normalized spacial score (nSPS) is 11.1. The Balaban J connectivity index is 1.73. The smallest absolute Gasteiger partial charge is 0.336 e. The standard InChI is InChI=1S/C27H21NO5/c1-15-11-16(2)25-20(12-15)21(14-23(29)33-25)26-24(19-9-4-5-10-22(19)32-26)28-27(30)17-7-6-8-18(13-17)31-3/h4-14H,1-3H3,(H,28,30). The fraction of sp³-hybridized carbons (Fsp3) is 0.111. The first-order chi connectivity index (χ1) is 15.9. The van der Waals surface area contributed by atoms with E-state index in [1.807, 2.05) is 50.2 Å². The lowest BCUT2D eigenvalue weighted by atomic mass is 10.0. The molecule has 0 unspecified atom stereocenters. The molecule has 0 atom stereocenters. The molecule has 0 bridgehead atoms. The number of hydrogen-bond acceptors (Lipinski definition) is 5. The molecule has 6 nitrogen and oxygen atoms in total. The van der Waals surface area contributed by atoms with Crippen molar-refractivity contribution in [3.8, 4) is 17.1 Å². The van der Waals surface area contributed by atoms with E-state index in [0.29, 0.717) is 39.5 Å². The highest BCUT2D eigenvalue weighted by atomic mass is 16.5. The first-order valence-electron chi connectivity index (χ1n) is 10.5. The fourth-order valence-corrected chi connectivity index (χ4v) is 4.11. The fourth-order valence-electron chi connectivity index (χ4n) is 4.11. The van der Waals surface area contributed by atoms with E-state index in [1.165, 1.54) is 6.07 Å². The summed E-state index contributed by atoms with van der Waals surface area (Å²) in [6.45, 7) is 3.87. The molecule has 5 rings (SSSR count). The molecule has 0 aliphatic heterocycles. The number of methoxy groups -OCH3 is 1. The number of ether oxygens (including phenoxy) is 1. The molecule has 0 aliphatic carbocycles. The van der Waals surface area contributed by atoms with E-state index in [2.05, 4.69) is 5.32 Å². The number of aryl methyl sites for hydroxylation is 2. The van der Waals surface area contributed by atoms with Gasteiger partial charge in [-0.15, -0.1) is 0 Å². The van der Waals surface area contributed by atoms with Crippen LogP contribution in [0.3, 0.4) is 0 Å². The van der Waals surface area contributed by atoms with Gasteiger partial charge in [-0.25, -0.2) is 4.79 Å². The maximum absolute atomic E-state index is 13.2. The lowest BCUT2D eigenvalue weighted by molar-refractivity contribution is 0.102. The first-order valence-corrected chi connectivity index (χ1v) is 10.5. The molecule has 6 heteroatoms. The van der Waals surface area contributed by atoms with Gasteiger partial charge in [0.2, 0.25) is 0 Å². The number of benzene rings is 3. The van der Waals surface area contributed by atoms with Crippen LogP contribution in [0.4, 0.5) is 5.69 Å². The SMILES string of the molecule is COc1cccc(C(=O)Nc2c(-c3cc(=O)oc4c(C)cc(C)cc34)oc3ccccc23)c1. The van der Waals surface area contributed by atoms with Crippen LogP contribution in [0, 0.1) is 13.8 Å². The Labute approximate surface area is 189 Å². The minimum absolute atomic E-state index is 0.318. The van der Waals surface area contributed by atoms with Gasteiger partial charge in [-0.1, -0.05) is 24.3 Å². The highest BCUT2D eigenvalue weighted by Crippen LogP contribution is 2.41. The van der Waals surface area contributed by atoms with Crippen molar-refractivity contribution >= 4 is 33.5 Å². The molecular weight excluding hydrogens is 418 g/mol. The average molecular weight is 439 g/mol. The number of carbonyl (C=O) groups excluding carboxylic acids is 1. The minimum Gasteiger partial charge on any atom is -0.497 e. The Morgan fingerprint density at radius 1 is 0.909 bits per heavy atom. The number of amides is 1. The van der Waals surface area contributed by atoms with Crippen LogP contribution >= 0.6 is 0 Å². The monoisotopic (exact) mass is 439 g/mol. The topological polar surface area (TPSA) is 81.7 Å². The molecule has 0 radical (unpaired) electrons. The van der Waals surface area contributed by atoms with Crippen molar-refractivity contribution in [1.29, 1.82) is 0 Å². The zero-order chi connectivity index (χ0) is 23.1. The Morgan fingerprint density at radius 2 is 1.73 bits per heavy atom. The Bertz CT molecular complexity index is 1590. The van der Waals surface area contributed by atoms with Gasteiger partial charge < -0.3 is 18.9 Å². The van der Waals surface area contributed by atoms with Crippen LogP contribution in [0.25, 0.3) is 33.3 Å². The molecule has 3 aromatic carbocycles. The second-order valence-corrected chi connectivity index (χ2v) is 7.93. The summed E-state index contributed by atoms with van der Waals surface area (Å²) >= 11 is 0. The van der Waals surface area contributed by atoms with Crippen LogP contribution in [0.2, 0.25) is 0 Å². The van der Waals surface area contributed by atoms with Crippen LogP contribution in [0.5, 0.6) is 5.75 Å². The predicted molar refractivity (Wildman–Crippen MR) is 128 cm³/mol. The molecule has 2 aromatic heterocycles. The molecule has 0 fully saturated rings. The van der Waals surface area contributed by atoms with Gasteiger partial charge in [-0.05, 0) is 61.4 Å². The first kappa shape index (κ1) is 20.6. The largest absolute Gasteiger partial charge is 0.497 e. The van der Waals surface area contributed by atoms with Gasteiger partial charge in [0, 0.05) is 28.0 Å². The van der Waals surface area contributed by atoms with E-state index in [-0.39, 0.29) is 5.91 Å². The van der Waals surface area contributed by atoms with Gasteiger partial charge in [-0.2, -0.15) is 0 Å². The van der Waals surface area contributed by atoms with E-state index in [9.17, 15) is 9.59 Å². The summed E-state index contributed by atoms with van der Waals surface area (Å²) in [5.74, 6) is 0.661. The molecule has 2 heterocycles. The van der Waals surface area contributed by atoms with E-state index in [0.717, 1.165) is 21.9 Å². The number of fused-ring (bicyclic) bond motifs is 2. The Kier molecular flexibility index (Phi) is 4.98. The van der Waals surface area contributed by atoms with E-state index in [4.69, 9.17) is 13.6 Å². The summed E-state index contributed by atoms with van der Waals surface area (Å²) in [6, 6.07) is 19.6. The van der Waals surface area contributed by atoms with E-state index < -0.39 is 5.63 Å². The van der Waals surface area contributed by atoms with Crippen molar-refractivity contribution in [2.24, 2.45) is 0 Å². The van der Waals surface area contributed by atoms with Crippen LogP contribution in [-0.4, -0.2) is 13.0 Å². The summed E-state index contributed by atoms with van der Waals surface area (Å²) in [7, 11) is 1.55. The van der Waals surface area contributed by atoms with Gasteiger partial charge >= 0.3 is 5.63 Å². The maximum Gasteiger partial charge on any atom is 0.336 e. The number of anilines is 1. The molecule has 33 heavy (non-hydrogen) atoms. The highest BCUT2D eigenvalue weighted by molar-refractivity contribution is 6.13. The van der Waals surface area contributed by atoms with Crippen molar-refractivity contribution < 1.29 is 18.4 Å². The third kappa shape index (κ3) is 3.65. The van der Waals surface area contributed by atoms with Gasteiger partial charge in [0.1, 0.15) is 16.9 Å². The summed E-state index contributed by atoms with van der Waals surface area (Å²) in [6.07, 6.45) is 0. The third-order valence-corrected chi connectivity index (χ3v) is 5.58. The van der Waals surface area contributed by atoms with Crippen molar-refractivity contribution in [2.75, 3.05) is 12.4 Å². The van der Waals surface area contributed by atoms with Gasteiger partial charge in [-0.3, -0.25) is 4.79 Å². The number of rotatable bonds is 4. The number of carbonyl (C=O) groups is 1. The van der Waals surface area contributed by atoms with Crippen molar-refractivity contribution in [2.45, 2.75) is 13.8 Å². The summed E-state index contributed by atoms with van der Waals surface area (Å²) in [5.41, 5.74) is 3.96. The highest BCUT2D eigenvalue weighted by Gasteiger charge is 2.22. The number of hydrogen-bond donors (Lipinski definition) is 1. The molecule has 1 N–H and O–H groups in total. The molecule has 1 amide bonds. The van der Waals surface area contributed by atoms with Crippen molar-refractivity contribution in [1.82, 2.24) is 0 Å². The maximum atomic E-state index is 13.2. The number of nitrogens with one attached hydrogen (secondary N) is 1. The zero-order valence-electron chi connectivity index (χ0n) is 18.4. The summed E-state index contributed by atoms with van der Waals surface area (Å²) in [5, 5.41) is 4.46. The average Bonchev–Trinajstić information content (AvgIpc) is 3.17. The summed E-state index contributed by atoms with van der Waals surface area (Å²) in [4.78, 5) is 25.6. The van der Waals surface area contributed by atoms with Crippen LogP contribution in [-0.2, 0) is 0 Å². The van der Waals surface area contributed by atoms with Gasteiger partial charge in [0.15, 0.2) is 5.76 Å². The van der Waals surface area contributed by atoms with Crippen molar-refractivity contribution in [3.63, 3.8) is 0 Å². The quantitative estimate of drug-likeness (QED) is 0.343. The van der Waals surface area contributed by atoms with E-state index >= 15 is 0 Å². The lowest BCUT2D eigenvalue weighted by Crippen LogP contribution is -2.12. The molecule has 5 aromatic rings. The molecule has 0 spiro atoms. The predicted octanol–water partition coefficient (Wildman–Crippen LogP) is 6.08. The lowest BCUT2D eigenvalue weighted by Gasteiger charge is -2.10. The zero-order valence-corrected chi connectivity index (χ0v) is 18.4. The molecule has 0 aliphatic rings.